The van der Waals surface area contributed by atoms with Crippen LogP contribution < -0.4 is 4.74 Å². The predicted molar refractivity (Wildman–Crippen MR) is 41.0 cm³/mol. The summed E-state index contributed by atoms with van der Waals surface area (Å²) in [6.45, 7) is 3.52. The van der Waals surface area contributed by atoms with E-state index in [0.717, 1.165) is 11.3 Å². The van der Waals surface area contributed by atoms with Crippen molar-refractivity contribution in [2.24, 2.45) is 0 Å². The number of hydrogen-bond acceptors (Lipinski definition) is 1. The Morgan fingerprint density at radius 2 is 1.90 bits per heavy atom. The summed E-state index contributed by atoms with van der Waals surface area (Å²) in [7, 11) is 1.65. The normalized spacial score (nSPS) is 8.50. The standard InChI is InChI=1S/C9H9O/c1-3-8-4-6-9(10-2)7-5-8/h4-7H,1H2,2H3/q+1. The number of ether oxygens (including phenoxy) is 1. The van der Waals surface area contributed by atoms with Gasteiger partial charge in [0.25, 0.3) is 0 Å². The first-order valence-electron chi connectivity index (χ1n) is 3.04. The van der Waals surface area contributed by atoms with Crippen LogP contribution in [-0.4, -0.2) is 7.11 Å². The van der Waals surface area contributed by atoms with Gasteiger partial charge in [0.2, 0.25) is 0 Å². The zero-order valence-corrected chi connectivity index (χ0v) is 5.92. The number of methoxy groups -OCH3 is 1. The van der Waals surface area contributed by atoms with Gasteiger partial charge in [0, 0.05) is 24.8 Å². The van der Waals surface area contributed by atoms with Gasteiger partial charge in [-0.3, -0.25) is 0 Å². The molecule has 0 fully saturated rings. The lowest BCUT2D eigenvalue weighted by molar-refractivity contribution is 0.415. The summed E-state index contributed by atoms with van der Waals surface area (Å²) in [4.78, 5) is 0. The van der Waals surface area contributed by atoms with Crippen molar-refractivity contribution in [3.63, 3.8) is 0 Å². The van der Waals surface area contributed by atoms with Crippen LogP contribution in [0, 0.1) is 6.08 Å². The van der Waals surface area contributed by atoms with Crippen LogP contribution >= 0.6 is 0 Å². The Morgan fingerprint density at radius 3 is 2.30 bits per heavy atom. The molecule has 0 unspecified atom stereocenters. The maximum absolute atomic E-state index is 4.97. The fourth-order valence-electron chi connectivity index (χ4n) is 0.709. The molecule has 0 heterocycles. The maximum atomic E-state index is 4.97. The van der Waals surface area contributed by atoms with Gasteiger partial charge < -0.3 is 4.74 Å². The summed E-state index contributed by atoms with van der Waals surface area (Å²) >= 11 is 0. The van der Waals surface area contributed by atoms with E-state index >= 15 is 0 Å². The molecule has 0 saturated heterocycles. The minimum atomic E-state index is 0.860. The highest BCUT2D eigenvalue weighted by Gasteiger charge is 1.96. The second kappa shape index (κ2) is 3.00. The molecule has 50 valence electrons. The van der Waals surface area contributed by atoms with Gasteiger partial charge in [-0.25, -0.2) is 0 Å². The number of rotatable bonds is 2. The van der Waals surface area contributed by atoms with Crippen LogP contribution in [0.15, 0.2) is 30.8 Å². The second-order valence-electron chi connectivity index (χ2n) is 1.91. The molecule has 0 aliphatic heterocycles. The summed E-state index contributed by atoms with van der Waals surface area (Å²) in [5, 5.41) is 0. The van der Waals surface area contributed by atoms with Gasteiger partial charge in [-0.2, -0.15) is 0 Å². The monoisotopic (exact) mass is 133 g/mol. The molecule has 0 saturated carbocycles. The lowest BCUT2D eigenvalue weighted by Gasteiger charge is -1.92. The van der Waals surface area contributed by atoms with Crippen LogP contribution in [0.4, 0.5) is 0 Å². The third kappa shape index (κ3) is 1.34. The molecule has 0 radical (unpaired) electrons. The van der Waals surface area contributed by atoms with Crippen LogP contribution in [0.3, 0.4) is 0 Å². The molecule has 1 heteroatoms. The Balaban J connectivity index is 2.90. The molecule has 0 amide bonds. The molecule has 0 bridgehead atoms. The molecule has 0 spiro atoms. The average Bonchev–Trinajstić information content (AvgIpc) is 2.05. The summed E-state index contributed by atoms with van der Waals surface area (Å²) in [5.74, 6) is 0.860. The Hall–Kier alpha value is -1.33. The van der Waals surface area contributed by atoms with Crippen LogP contribution in [-0.2, 0) is 0 Å². The van der Waals surface area contributed by atoms with E-state index in [1.165, 1.54) is 0 Å². The van der Waals surface area contributed by atoms with Crippen LogP contribution in [0.25, 0.3) is 0 Å². The van der Waals surface area contributed by atoms with Gasteiger partial charge in [0.15, 0.2) is 5.56 Å². The first kappa shape index (κ1) is 6.79. The van der Waals surface area contributed by atoms with Crippen molar-refractivity contribution in [1.29, 1.82) is 0 Å². The first-order chi connectivity index (χ1) is 4.86. The Labute approximate surface area is 61.0 Å². The molecule has 1 rings (SSSR count). The molecule has 1 aromatic carbocycles. The third-order valence-corrected chi connectivity index (χ3v) is 1.29. The molecule has 0 atom stereocenters. The van der Waals surface area contributed by atoms with Gasteiger partial charge in [0.1, 0.15) is 5.75 Å². The van der Waals surface area contributed by atoms with Crippen LogP contribution in [0.5, 0.6) is 5.75 Å². The smallest absolute Gasteiger partial charge is 0.187 e. The molecular weight excluding hydrogens is 124 g/mol. The Kier molecular flexibility index (Phi) is 2.03. The van der Waals surface area contributed by atoms with Crippen molar-refractivity contribution in [1.82, 2.24) is 0 Å². The summed E-state index contributed by atoms with van der Waals surface area (Å²) < 4.78 is 4.97. The molecule has 0 N–H and O–H groups in total. The molecule has 1 aromatic rings. The van der Waals surface area contributed by atoms with Crippen LogP contribution in [0.2, 0.25) is 0 Å². The van der Waals surface area contributed by atoms with Crippen molar-refractivity contribution >= 4 is 0 Å². The Morgan fingerprint density at radius 1 is 1.30 bits per heavy atom. The third-order valence-electron chi connectivity index (χ3n) is 1.29. The van der Waals surface area contributed by atoms with Crippen molar-refractivity contribution in [3.8, 4) is 5.75 Å². The van der Waals surface area contributed by atoms with Crippen LogP contribution in [0.1, 0.15) is 5.56 Å². The van der Waals surface area contributed by atoms with Gasteiger partial charge in [-0.15, -0.1) is 0 Å². The van der Waals surface area contributed by atoms with Crippen molar-refractivity contribution in [2.75, 3.05) is 7.11 Å². The average molecular weight is 133 g/mol. The van der Waals surface area contributed by atoms with E-state index in [1.807, 2.05) is 24.3 Å². The van der Waals surface area contributed by atoms with E-state index in [4.69, 9.17) is 4.74 Å². The lowest BCUT2D eigenvalue weighted by Crippen LogP contribution is -1.81. The largest absolute Gasteiger partial charge is 0.494 e. The summed E-state index contributed by atoms with van der Waals surface area (Å²) in [6, 6.07) is 7.58. The second-order valence-corrected chi connectivity index (χ2v) is 1.91. The van der Waals surface area contributed by atoms with Crippen molar-refractivity contribution in [2.45, 2.75) is 0 Å². The quantitative estimate of drug-likeness (QED) is 0.561. The van der Waals surface area contributed by atoms with E-state index in [0.29, 0.717) is 0 Å². The van der Waals surface area contributed by atoms with E-state index in [-0.39, 0.29) is 0 Å². The maximum Gasteiger partial charge on any atom is 0.187 e. The Bertz CT molecular complexity index is 211. The van der Waals surface area contributed by atoms with Gasteiger partial charge in [0.05, 0.1) is 19.2 Å². The predicted octanol–water partition coefficient (Wildman–Crippen LogP) is 2.03. The number of benzene rings is 1. The molecule has 1 nitrogen and oxygen atoms in total. The van der Waals surface area contributed by atoms with Crippen molar-refractivity contribution < 1.29 is 4.74 Å². The highest BCUT2D eigenvalue weighted by atomic mass is 16.5. The van der Waals surface area contributed by atoms with E-state index in [9.17, 15) is 0 Å². The summed E-state index contributed by atoms with van der Waals surface area (Å²) in [5.41, 5.74) is 0.987. The minimum Gasteiger partial charge on any atom is -0.494 e. The zero-order valence-electron chi connectivity index (χ0n) is 5.92. The highest BCUT2D eigenvalue weighted by molar-refractivity contribution is 5.29. The van der Waals surface area contributed by atoms with Gasteiger partial charge >= 0.3 is 0 Å². The topological polar surface area (TPSA) is 9.23 Å². The lowest BCUT2D eigenvalue weighted by atomic mass is 10.2. The van der Waals surface area contributed by atoms with E-state index in [1.54, 1.807) is 7.11 Å². The van der Waals surface area contributed by atoms with Gasteiger partial charge in [-0.1, -0.05) is 0 Å². The molecule has 0 aliphatic rings. The van der Waals surface area contributed by atoms with Crippen molar-refractivity contribution in [3.05, 3.63) is 42.5 Å². The minimum absolute atomic E-state index is 0.860. The first-order valence-corrected chi connectivity index (χ1v) is 3.04. The van der Waals surface area contributed by atoms with E-state index < -0.39 is 0 Å². The van der Waals surface area contributed by atoms with Gasteiger partial charge in [-0.05, 0) is 0 Å². The molecule has 10 heavy (non-hydrogen) atoms. The SMILES string of the molecule is C=[C+]c1ccc(OC)cc1. The fraction of sp³-hybridized carbons (Fsp3) is 0.111. The zero-order chi connectivity index (χ0) is 7.40. The number of hydrogen-bond donors (Lipinski definition) is 0. The summed E-state index contributed by atoms with van der Waals surface area (Å²) in [6.07, 6.45) is 2.77. The molecular formula is C9H9O+. The highest BCUT2D eigenvalue weighted by Crippen LogP contribution is 2.10. The molecule has 0 aromatic heterocycles. The molecule has 0 aliphatic carbocycles. The fourth-order valence-corrected chi connectivity index (χ4v) is 0.709. The van der Waals surface area contributed by atoms with E-state index in [2.05, 4.69) is 12.7 Å².